The highest BCUT2D eigenvalue weighted by Gasteiger charge is 2.33. The van der Waals surface area contributed by atoms with Gasteiger partial charge in [-0.1, -0.05) is 30.3 Å². The third-order valence-corrected chi connectivity index (χ3v) is 5.84. The molecule has 1 aliphatic heterocycles. The van der Waals surface area contributed by atoms with Crippen LogP contribution in [0.5, 0.6) is 5.75 Å². The average molecular weight is 512 g/mol. The third kappa shape index (κ3) is 5.45. The van der Waals surface area contributed by atoms with E-state index in [9.17, 15) is 18.0 Å². The van der Waals surface area contributed by atoms with E-state index in [1.165, 1.54) is 18.2 Å². The van der Waals surface area contributed by atoms with E-state index in [1.54, 1.807) is 30.3 Å². The number of benzene rings is 3. The van der Waals surface area contributed by atoms with Crippen molar-refractivity contribution in [2.45, 2.75) is 32.2 Å². The van der Waals surface area contributed by atoms with Gasteiger partial charge in [0.15, 0.2) is 5.79 Å². The number of fused-ring (bicyclic) bond motifs is 1. The number of alkyl halides is 2. The number of ether oxygens (including phenoxy) is 3. The molecule has 0 radical (unpaired) electrons. The zero-order chi connectivity index (χ0) is 26.2. The summed E-state index contributed by atoms with van der Waals surface area (Å²) < 4.78 is 58.4. The van der Waals surface area contributed by atoms with Crippen molar-refractivity contribution in [1.29, 1.82) is 0 Å². The van der Waals surface area contributed by atoms with E-state index >= 15 is 0 Å². The minimum absolute atomic E-state index is 0.0444. The highest BCUT2D eigenvalue weighted by atomic mass is 19.3. The predicted molar refractivity (Wildman–Crippen MR) is 131 cm³/mol. The highest BCUT2D eigenvalue weighted by Crippen LogP contribution is 2.32. The zero-order valence-electron chi connectivity index (χ0n) is 20.1. The molecule has 0 spiro atoms. The maximum absolute atomic E-state index is 14.4. The SMILES string of the molecule is CC1(C)OCC(COc2cccc(NC(=O)c3cc(F)cc4[nH]c(-c5ccccc5C(F)F)nc34)c2)O1. The number of hydrogen-bond acceptors (Lipinski definition) is 5. The quantitative estimate of drug-likeness (QED) is 0.314. The van der Waals surface area contributed by atoms with Crippen molar-refractivity contribution in [2.24, 2.45) is 0 Å². The molecular formula is C27H24F3N3O4. The maximum Gasteiger partial charge on any atom is 0.264 e. The first kappa shape index (κ1) is 24.8. The van der Waals surface area contributed by atoms with E-state index in [2.05, 4.69) is 15.3 Å². The molecule has 4 aromatic rings. The molecule has 37 heavy (non-hydrogen) atoms. The minimum Gasteiger partial charge on any atom is -0.491 e. The van der Waals surface area contributed by atoms with Gasteiger partial charge in [0, 0.05) is 22.9 Å². The number of amides is 1. The maximum atomic E-state index is 14.4. The van der Waals surface area contributed by atoms with Crippen molar-refractivity contribution in [3.8, 4) is 17.1 Å². The van der Waals surface area contributed by atoms with E-state index in [4.69, 9.17) is 14.2 Å². The van der Waals surface area contributed by atoms with Gasteiger partial charge in [-0.05, 0) is 38.1 Å². The molecule has 7 nitrogen and oxygen atoms in total. The first-order valence-corrected chi connectivity index (χ1v) is 11.6. The summed E-state index contributed by atoms with van der Waals surface area (Å²) in [4.78, 5) is 20.3. The number of anilines is 1. The second kappa shape index (κ2) is 9.87. The van der Waals surface area contributed by atoms with E-state index in [0.29, 0.717) is 18.0 Å². The molecule has 1 atom stereocenters. The summed E-state index contributed by atoms with van der Waals surface area (Å²) in [6.07, 6.45) is -2.95. The topological polar surface area (TPSA) is 85.5 Å². The van der Waals surface area contributed by atoms with Crippen LogP contribution < -0.4 is 10.1 Å². The van der Waals surface area contributed by atoms with Gasteiger partial charge in [0.25, 0.3) is 12.3 Å². The number of carbonyl (C=O) groups excluding carboxylic acids is 1. The Morgan fingerprint density at radius 1 is 1.19 bits per heavy atom. The normalized spacial score (nSPS) is 16.9. The lowest BCUT2D eigenvalue weighted by Crippen LogP contribution is -2.25. The van der Waals surface area contributed by atoms with E-state index in [-0.39, 0.29) is 46.3 Å². The number of aromatic amines is 1. The fourth-order valence-corrected chi connectivity index (χ4v) is 4.18. The molecule has 5 rings (SSSR count). The summed E-state index contributed by atoms with van der Waals surface area (Å²) in [6, 6.07) is 14.8. The first-order valence-electron chi connectivity index (χ1n) is 11.6. The Balaban J connectivity index is 1.37. The third-order valence-electron chi connectivity index (χ3n) is 5.84. The minimum atomic E-state index is -2.72. The van der Waals surface area contributed by atoms with Crippen LogP contribution >= 0.6 is 0 Å². The first-order chi connectivity index (χ1) is 17.7. The number of rotatable bonds is 7. The van der Waals surface area contributed by atoms with Gasteiger partial charge in [0.05, 0.1) is 17.7 Å². The molecule has 0 bridgehead atoms. The standard InChI is InChI=1S/C27H24F3N3O4/c1-27(2)36-14-18(37-27)13-35-17-7-5-6-16(12-17)31-26(34)21-10-15(28)11-22-23(21)33-25(32-22)20-9-4-3-8-19(20)24(29)30/h3-12,18,24H,13-14H2,1-2H3,(H,31,34)(H,32,33). The van der Waals surface area contributed by atoms with Gasteiger partial charge in [-0.25, -0.2) is 18.2 Å². The summed E-state index contributed by atoms with van der Waals surface area (Å²) in [5.74, 6) is -1.33. The monoisotopic (exact) mass is 511 g/mol. The lowest BCUT2D eigenvalue weighted by molar-refractivity contribution is -0.141. The van der Waals surface area contributed by atoms with Crippen molar-refractivity contribution >= 4 is 22.6 Å². The van der Waals surface area contributed by atoms with Gasteiger partial charge in [-0.3, -0.25) is 4.79 Å². The van der Waals surface area contributed by atoms with Crippen molar-refractivity contribution in [3.05, 3.63) is 77.6 Å². The van der Waals surface area contributed by atoms with Crippen LogP contribution in [0.15, 0.2) is 60.7 Å². The predicted octanol–water partition coefficient (Wildman–Crippen LogP) is 6.09. The average Bonchev–Trinajstić information content (AvgIpc) is 3.44. The van der Waals surface area contributed by atoms with Gasteiger partial charge in [-0.15, -0.1) is 0 Å². The van der Waals surface area contributed by atoms with E-state index in [1.807, 2.05) is 13.8 Å². The molecule has 0 saturated carbocycles. The Morgan fingerprint density at radius 2 is 2.00 bits per heavy atom. The summed E-state index contributed by atoms with van der Waals surface area (Å²) in [5.41, 5.74) is 0.697. The molecule has 1 aliphatic rings. The molecule has 1 aromatic heterocycles. The van der Waals surface area contributed by atoms with Crippen LogP contribution in [-0.2, 0) is 9.47 Å². The van der Waals surface area contributed by atoms with Crippen LogP contribution in [0.1, 0.15) is 36.2 Å². The van der Waals surface area contributed by atoms with Crippen molar-refractivity contribution in [2.75, 3.05) is 18.5 Å². The fourth-order valence-electron chi connectivity index (χ4n) is 4.18. The summed E-state index contributed by atoms with van der Waals surface area (Å²) in [5, 5.41) is 2.72. The summed E-state index contributed by atoms with van der Waals surface area (Å²) in [7, 11) is 0. The van der Waals surface area contributed by atoms with Crippen LogP contribution in [0, 0.1) is 5.82 Å². The van der Waals surface area contributed by atoms with Crippen molar-refractivity contribution in [3.63, 3.8) is 0 Å². The number of H-pyrrole nitrogens is 1. The molecule has 1 unspecified atom stereocenters. The molecule has 2 N–H and O–H groups in total. The van der Waals surface area contributed by atoms with Crippen LogP contribution in [0.2, 0.25) is 0 Å². The van der Waals surface area contributed by atoms with Crippen LogP contribution in [0.25, 0.3) is 22.4 Å². The zero-order valence-corrected chi connectivity index (χ0v) is 20.1. The molecule has 0 aliphatic carbocycles. The lowest BCUT2D eigenvalue weighted by Gasteiger charge is -2.17. The molecule has 3 aromatic carbocycles. The molecule has 10 heteroatoms. The van der Waals surface area contributed by atoms with E-state index in [0.717, 1.165) is 12.1 Å². The molecular weight excluding hydrogens is 487 g/mol. The van der Waals surface area contributed by atoms with Crippen LogP contribution in [-0.4, -0.2) is 41.0 Å². The number of carbonyl (C=O) groups is 1. The Bertz CT molecular complexity index is 1450. The Hall–Kier alpha value is -3.89. The van der Waals surface area contributed by atoms with Gasteiger partial charge >= 0.3 is 0 Å². The summed E-state index contributed by atoms with van der Waals surface area (Å²) in [6.45, 7) is 4.33. The van der Waals surface area contributed by atoms with Gasteiger partial charge in [0.2, 0.25) is 0 Å². The molecule has 1 amide bonds. The molecule has 2 heterocycles. The molecule has 192 valence electrons. The number of hydrogen-bond donors (Lipinski definition) is 2. The number of imidazole rings is 1. The number of halogens is 3. The fraction of sp³-hybridized carbons (Fsp3) is 0.259. The summed E-state index contributed by atoms with van der Waals surface area (Å²) >= 11 is 0. The highest BCUT2D eigenvalue weighted by molar-refractivity contribution is 6.12. The van der Waals surface area contributed by atoms with Gasteiger partial charge in [-0.2, -0.15) is 0 Å². The number of aromatic nitrogens is 2. The van der Waals surface area contributed by atoms with Crippen molar-refractivity contribution in [1.82, 2.24) is 9.97 Å². The smallest absolute Gasteiger partial charge is 0.264 e. The second-order valence-corrected chi connectivity index (χ2v) is 9.07. The van der Waals surface area contributed by atoms with Crippen molar-refractivity contribution < 1.29 is 32.2 Å². The molecule has 1 saturated heterocycles. The Kier molecular flexibility index (Phi) is 6.61. The number of nitrogens with zero attached hydrogens (tertiary/aromatic N) is 1. The molecule has 1 fully saturated rings. The van der Waals surface area contributed by atoms with Crippen LogP contribution in [0.3, 0.4) is 0 Å². The second-order valence-electron chi connectivity index (χ2n) is 9.07. The lowest BCUT2D eigenvalue weighted by atomic mass is 10.1. The van der Waals surface area contributed by atoms with Gasteiger partial charge in [0.1, 0.15) is 35.6 Å². The number of nitrogens with one attached hydrogen (secondary N) is 2. The van der Waals surface area contributed by atoms with Crippen LogP contribution in [0.4, 0.5) is 18.9 Å². The Labute approximate surface area is 210 Å². The largest absolute Gasteiger partial charge is 0.491 e. The Morgan fingerprint density at radius 3 is 2.76 bits per heavy atom. The van der Waals surface area contributed by atoms with E-state index < -0.39 is 23.9 Å². The van der Waals surface area contributed by atoms with Gasteiger partial charge < -0.3 is 24.5 Å².